The van der Waals surface area contributed by atoms with Gasteiger partial charge in [0.25, 0.3) is 5.91 Å². The first-order chi connectivity index (χ1) is 10.0. The van der Waals surface area contributed by atoms with E-state index in [0.717, 1.165) is 10.0 Å². The van der Waals surface area contributed by atoms with Gasteiger partial charge in [-0.25, -0.2) is 9.37 Å². The second kappa shape index (κ2) is 6.67. The Labute approximate surface area is 130 Å². The lowest BCUT2D eigenvalue weighted by Gasteiger charge is -2.12. The third kappa shape index (κ3) is 3.58. The Bertz CT molecular complexity index is 676. The summed E-state index contributed by atoms with van der Waals surface area (Å²) < 4.78 is 14.6. The van der Waals surface area contributed by atoms with E-state index in [9.17, 15) is 9.18 Å². The number of rotatable bonds is 4. The number of carbonyl (C=O) groups is 1. The standard InChI is InChI=1S/C15H15BrFN3O/c1-3-18-14-10(5-4-6-12(14)17)15(21)20-13-7-9(2)11(16)8-19-13/h4-8,18H,3H2,1-2H3,(H,19,20,21). The number of para-hydroxylation sites is 1. The molecule has 0 aliphatic heterocycles. The van der Waals surface area contributed by atoms with Crippen LogP contribution in [0.4, 0.5) is 15.9 Å². The van der Waals surface area contributed by atoms with Crippen molar-refractivity contribution in [2.75, 3.05) is 17.2 Å². The van der Waals surface area contributed by atoms with Crippen LogP contribution in [0.2, 0.25) is 0 Å². The molecule has 2 N–H and O–H groups in total. The topological polar surface area (TPSA) is 54.0 Å². The third-order valence-corrected chi connectivity index (χ3v) is 3.73. The number of hydrogen-bond acceptors (Lipinski definition) is 3. The zero-order valence-electron chi connectivity index (χ0n) is 11.7. The molecule has 1 aromatic heterocycles. The van der Waals surface area contributed by atoms with Gasteiger partial charge in [-0.15, -0.1) is 0 Å². The smallest absolute Gasteiger partial charge is 0.259 e. The van der Waals surface area contributed by atoms with Crippen molar-refractivity contribution in [3.63, 3.8) is 0 Å². The molecule has 0 radical (unpaired) electrons. The largest absolute Gasteiger partial charge is 0.382 e. The fourth-order valence-electron chi connectivity index (χ4n) is 1.86. The van der Waals surface area contributed by atoms with E-state index in [0.29, 0.717) is 12.4 Å². The quantitative estimate of drug-likeness (QED) is 0.875. The van der Waals surface area contributed by atoms with Crippen LogP contribution < -0.4 is 10.6 Å². The van der Waals surface area contributed by atoms with Crippen LogP contribution in [-0.2, 0) is 0 Å². The Balaban J connectivity index is 2.28. The summed E-state index contributed by atoms with van der Waals surface area (Å²) >= 11 is 3.35. The zero-order chi connectivity index (χ0) is 15.4. The predicted octanol–water partition coefficient (Wildman–Crippen LogP) is 3.98. The number of anilines is 2. The van der Waals surface area contributed by atoms with Crippen LogP contribution in [-0.4, -0.2) is 17.4 Å². The predicted molar refractivity (Wildman–Crippen MR) is 85.2 cm³/mol. The lowest BCUT2D eigenvalue weighted by molar-refractivity contribution is 0.102. The SMILES string of the molecule is CCNc1c(F)cccc1C(=O)Nc1cc(C)c(Br)cn1. The summed E-state index contributed by atoms with van der Waals surface area (Å²) in [6, 6.07) is 6.14. The molecule has 110 valence electrons. The molecule has 0 unspecified atom stereocenters. The van der Waals surface area contributed by atoms with Gasteiger partial charge in [0.1, 0.15) is 11.6 Å². The number of nitrogens with one attached hydrogen (secondary N) is 2. The first-order valence-electron chi connectivity index (χ1n) is 6.48. The van der Waals surface area contributed by atoms with E-state index in [4.69, 9.17) is 0 Å². The molecular weight excluding hydrogens is 337 g/mol. The van der Waals surface area contributed by atoms with E-state index in [1.165, 1.54) is 12.1 Å². The highest BCUT2D eigenvalue weighted by atomic mass is 79.9. The Kier molecular flexibility index (Phi) is 4.90. The van der Waals surface area contributed by atoms with Gasteiger partial charge in [0, 0.05) is 17.2 Å². The number of aryl methyl sites for hydroxylation is 1. The highest BCUT2D eigenvalue weighted by Gasteiger charge is 2.15. The molecule has 6 heteroatoms. The summed E-state index contributed by atoms with van der Waals surface area (Å²) in [6.07, 6.45) is 1.61. The molecule has 1 amide bonds. The van der Waals surface area contributed by atoms with Crippen molar-refractivity contribution in [2.45, 2.75) is 13.8 Å². The normalized spacial score (nSPS) is 10.3. The Morgan fingerprint density at radius 1 is 1.43 bits per heavy atom. The maximum absolute atomic E-state index is 13.8. The molecule has 0 saturated heterocycles. The molecule has 2 aromatic rings. The Hall–Kier alpha value is -1.95. The van der Waals surface area contributed by atoms with Crippen molar-refractivity contribution < 1.29 is 9.18 Å². The molecule has 0 fully saturated rings. The van der Waals surface area contributed by atoms with Gasteiger partial charge in [-0.3, -0.25) is 4.79 Å². The molecule has 21 heavy (non-hydrogen) atoms. The number of carbonyl (C=O) groups excluding carboxylic acids is 1. The summed E-state index contributed by atoms with van der Waals surface area (Å²) in [5.74, 6) is -0.434. The average Bonchev–Trinajstić information content (AvgIpc) is 2.45. The van der Waals surface area contributed by atoms with Gasteiger partial charge in [0.2, 0.25) is 0 Å². The maximum Gasteiger partial charge on any atom is 0.259 e. The van der Waals surface area contributed by atoms with Gasteiger partial charge < -0.3 is 10.6 Å². The molecular formula is C15H15BrFN3O. The van der Waals surface area contributed by atoms with Crippen LogP contribution in [0.1, 0.15) is 22.8 Å². The first kappa shape index (κ1) is 15.4. The van der Waals surface area contributed by atoms with Crippen molar-refractivity contribution in [1.29, 1.82) is 0 Å². The Morgan fingerprint density at radius 2 is 2.19 bits per heavy atom. The average molecular weight is 352 g/mol. The zero-order valence-corrected chi connectivity index (χ0v) is 13.3. The van der Waals surface area contributed by atoms with Crippen molar-refractivity contribution in [1.82, 2.24) is 4.98 Å². The van der Waals surface area contributed by atoms with Gasteiger partial charge in [-0.05, 0) is 53.5 Å². The van der Waals surface area contributed by atoms with Crippen LogP contribution in [0, 0.1) is 12.7 Å². The van der Waals surface area contributed by atoms with Gasteiger partial charge in [-0.2, -0.15) is 0 Å². The Morgan fingerprint density at radius 3 is 2.86 bits per heavy atom. The van der Waals surface area contributed by atoms with Crippen molar-refractivity contribution in [3.05, 3.63) is 51.9 Å². The summed E-state index contributed by atoms with van der Waals surface area (Å²) in [4.78, 5) is 16.4. The van der Waals surface area contributed by atoms with Crippen LogP contribution in [0.15, 0.2) is 34.9 Å². The number of benzene rings is 1. The number of halogens is 2. The van der Waals surface area contributed by atoms with Crippen molar-refractivity contribution in [3.8, 4) is 0 Å². The van der Waals surface area contributed by atoms with Gasteiger partial charge in [0.15, 0.2) is 0 Å². The number of nitrogens with zero attached hydrogens (tertiary/aromatic N) is 1. The van der Waals surface area contributed by atoms with Crippen LogP contribution in [0.25, 0.3) is 0 Å². The maximum atomic E-state index is 13.8. The molecule has 1 aromatic carbocycles. The molecule has 0 aliphatic carbocycles. The molecule has 1 heterocycles. The van der Waals surface area contributed by atoms with E-state index in [1.54, 1.807) is 18.3 Å². The first-order valence-corrected chi connectivity index (χ1v) is 7.28. The molecule has 0 aliphatic rings. The summed E-state index contributed by atoms with van der Waals surface area (Å²) in [7, 11) is 0. The van der Waals surface area contributed by atoms with Crippen molar-refractivity contribution in [2.24, 2.45) is 0 Å². The highest BCUT2D eigenvalue weighted by Crippen LogP contribution is 2.22. The molecule has 0 spiro atoms. The van der Waals surface area contributed by atoms with E-state index in [1.807, 2.05) is 13.8 Å². The number of aromatic nitrogens is 1. The van der Waals surface area contributed by atoms with Crippen LogP contribution in [0.5, 0.6) is 0 Å². The number of pyridine rings is 1. The third-order valence-electron chi connectivity index (χ3n) is 2.90. The van der Waals surface area contributed by atoms with Gasteiger partial charge >= 0.3 is 0 Å². The molecule has 4 nitrogen and oxygen atoms in total. The minimum absolute atomic E-state index is 0.200. The minimum atomic E-state index is -0.454. The van der Waals surface area contributed by atoms with Crippen molar-refractivity contribution >= 4 is 33.3 Å². The highest BCUT2D eigenvalue weighted by molar-refractivity contribution is 9.10. The van der Waals surface area contributed by atoms with E-state index >= 15 is 0 Å². The number of hydrogen-bond donors (Lipinski definition) is 2. The van der Waals surface area contributed by atoms with Gasteiger partial charge in [0.05, 0.1) is 11.3 Å². The monoisotopic (exact) mass is 351 g/mol. The summed E-state index contributed by atoms with van der Waals surface area (Å²) in [5.41, 5.74) is 1.40. The minimum Gasteiger partial charge on any atom is -0.382 e. The van der Waals surface area contributed by atoms with Crippen LogP contribution in [0.3, 0.4) is 0 Å². The molecule has 0 bridgehead atoms. The van der Waals surface area contributed by atoms with E-state index < -0.39 is 11.7 Å². The van der Waals surface area contributed by atoms with Crippen LogP contribution >= 0.6 is 15.9 Å². The summed E-state index contributed by atoms with van der Waals surface area (Å²) in [6.45, 7) is 4.26. The lowest BCUT2D eigenvalue weighted by atomic mass is 10.1. The molecule has 0 saturated carbocycles. The summed E-state index contributed by atoms with van der Waals surface area (Å²) in [5, 5.41) is 5.54. The lowest BCUT2D eigenvalue weighted by Crippen LogP contribution is -2.16. The molecule has 2 rings (SSSR count). The van der Waals surface area contributed by atoms with Gasteiger partial charge in [-0.1, -0.05) is 6.07 Å². The fraction of sp³-hybridized carbons (Fsp3) is 0.200. The second-order valence-corrected chi connectivity index (χ2v) is 5.32. The molecule has 0 atom stereocenters. The van der Waals surface area contributed by atoms with E-state index in [-0.39, 0.29) is 11.3 Å². The number of amides is 1. The second-order valence-electron chi connectivity index (χ2n) is 4.47. The fourth-order valence-corrected chi connectivity index (χ4v) is 2.08. The van der Waals surface area contributed by atoms with E-state index in [2.05, 4.69) is 31.5 Å².